The molecule has 5 nitrogen and oxygen atoms in total. The van der Waals surface area contributed by atoms with E-state index >= 15 is 0 Å². The van der Waals surface area contributed by atoms with Crippen molar-refractivity contribution in [1.82, 2.24) is 15.2 Å². The quantitative estimate of drug-likeness (QED) is 0.904. The van der Waals surface area contributed by atoms with Gasteiger partial charge in [-0.25, -0.2) is 4.39 Å². The Bertz CT molecular complexity index is 743. The molecule has 1 aromatic heterocycles. The molecule has 0 saturated carbocycles. The van der Waals surface area contributed by atoms with Gasteiger partial charge < -0.3 is 10.2 Å². The van der Waals surface area contributed by atoms with Crippen molar-refractivity contribution in [3.63, 3.8) is 0 Å². The number of nitrogens with zero attached hydrogens (tertiary/aromatic N) is 3. The number of nitrogens with one attached hydrogen (secondary N) is 1. The Morgan fingerprint density at radius 2 is 2.12 bits per heavy atom. The number of carbonyl (C=O) groups excluding carboxylic acids is 1. The second-order valence-corrected chi connectivity index (χ2v) is 6.74. The van der Waals surface area contributed by atoms with Crippen LogP contribution in [0.5, 0.6) is 0 Å². The highest BCUT2D eigenvalue weighted by Crippen LogP contribution is 2.28. The molecule has 0 bridgehead atoms. The van der Waals surface area contributed by atoms with Crippen LogP contribution in [0.2, 0.25) is 0 Å². The van der Waals surface area contributed by atoms with Crippen LogP contribution in [0.3, 0.4) is 0 Å². The van der Waals surface area contributed by atoms with E-state index in [1.807, 2.05) is 12.1 Å². The summed E-state index contributed by atoms with van der Waals surface area (Å²) in [7, 11) is 3.72. The second-order valence-electron chi connectivity index (χ2n) is 6.74. The van der Waals surface area contributed by atoms with Gasteiger partial charge in [-0.15, -0.1) is 0 Å². The SMILES string of the molecule is CNC(=O)CN1CCC(CN(C)c2ccnc3c(F)cccc23)CC1. The fourth-order valence-electron chi connectivity index (χ4n) is 3.55. The molecule has 6 heteroatoms. The molecule has 1 saturated heterocycles. The first-order valence-electron chi connectivity index (χ1n) is 8.75. The zero-order chi connectivity index (χ0) is 17.8. The second kappa shape index (κ2) is 7.78. The van der Waals surface area contributed by atoms with E-state index in [0.717, 1.165) is 43.5 Å². The molecule has 3 rings (SSSR count). The molecule has 0 atom stereocenters. The number of aromatic nitrogens is 1. The maximum atomic E-state index is 13.9. The Morgan fingerprint density at radius 3 is 2.84 bits per heavy atom. The minimum Gasteiger partial charge on any atom is -0.374 e. The maximum absolute atomic E-state index is 13.9. The van der Waals surface area contributed by atoms with Crippen molar-refractivity contribution >= 4 is 22.5 Å². The fourth-order valence-corrected chi connectivity index (χ4v) is 3.55. The number of halogens is 1. The Morgan fingerprint density at radius 1 is 1.36 bits per heavy atom. The average molecular weight is 344 g/mol. The lowest BCUT2D eigenvalue weighted by Gasteiger charge is -2.34. The minimum atomic E-state index is -0.282. The van der Waals surface area contributed by atoms with Crippen molar-refractivity contribution in [3.05, 3.63) is 36.3 Å². The molecule has 0 radical (unpaired) electrons. The number of para-hydroxylation sites is 1. The summed E-state index contributed by atoms with van der Waals surface area (Å²) in [5.74, 6) is 0.360. The molecule has 1 amide bonds. The predicted octanol–water partition coefficient (Wildman–Crippen LogP) is 2.27. The molecule has 1 aromatic carbocycles. The summed E-state index contributed by atoms with van der Waals surface area (Å²) in [6.45, 7) is 3.28. The highest BCUT2D eigenvalue weighted by atomic mass is 19.1. The number of fused-ring (bicyclic) bond motifs is 1. The minimum absolute atomic E-state index is 0.0702. The number of benzene rings is 1. The van der Waals surface area contributed by atoms with Crippen LogP contribution in [0.15, 0.2) is 30.5 Å². The van der Waals surface area contributed by atoms with Gasteiger partial charge in [0.05, 0.1) is 6.54 Å². The van der Waals surface area contributed by atoms with Crippen molar-refractivity contribution in [2.45, 2.75) is 12.8 Å². The first-order chi connectivity index (χ1) is 12.1. The van der Waals surface area contributed by atoms with E-state index in [1.165, 1.54) is 6.07 Å². The molecule has 1 fully saturated rings. The molecule has 0 spiro atoms. The van der Waals surface area contributed by atoms with Gasteiger partial charge in [-0.2, -0.15) is 0 Å². The Balaban J connectivity index is 1.63. The van der Waals surface area contributed by atoms with Gasteiger partial charge >= 0.3 is 0 Å². The third-order valence-electron chi connectivity index (χ3n) is 5.00. The third-order valence-corrected chi connectivity index (χ3v) is 5.00. The van der Waals surface area contributed by atoms with Crippen molar-refractivity contribution in [1.29, 1.82) is 0 Å². The molecular weight excluding hydrogens is 319 g/mol. The number of amides is 1. The highest BCUT2D eigenvalue weighted by Gasteiger charge is 2.22. The van der Waals surface area contributed by atoms with Gasteiger partial charge in [0.1, 0.15) is 11.3 Å². The van der Waals surface area contributed by atoms with Gasteiger partial charge in [0.2, 0.25) is 5.91 Å². The summed E-state index contributed by atoms with van der Waals surface area (Å²) >= 11 is 0. The standard InChI is InChI=1S/C19H25FN4O/c1-21-18(25)13-24-10-7-14(8-11-24)12-23(2)17-6-9-22-19-15(17)4-3-5-16(19)20/h3-6,9,14H,7-8,10-13H2,1-2H3,(H,21,25). The number of hydrogen-bond donors (Lipinski definition) is 1. The Kier molecular flexibility index (Phi) is 5.48. The van der Waals surface area contributed by atoms with E-state index in [0.29, 0.717) is 18.0 Å². The van der Waals surface area contributed by atoms with E-state index < -0.39 is 0 Å². The highest BCUT2D eigenvalue weighted by molar-refractivity contribution is 5.91. The summed E-state index contributed by atoms with van der Waals surface area (Å²) in [6.07, 6.45) is 3.81. The molecule has 1 N–H and O–H groups in total. The zero-order valence-electron chi connectivity index (χ0n) is 14.8. The number of piperidine rings is 1. The molecule has 2 heterocycles. The summed E-state index contributed by atoms with van der Waals surface area (Å²) in [5, 5.41) is 3.52. The molecule has 134 valence electrons. The summed E-state index contributed by atoms with van der Waals surface area (Å²) in [4.78, 5) is 20.0. The topological polar surface area (TPSA) is 48.5 Å². The van der Waals surface area contributed by atoms with Crippen molar-refractivity contribution in [3.8, 4) is 0 Å². The number of anilines is 1. The predicted molar refractivity (Wildman–Crippen MR) is 98.2 cm³/mol. The Labute approximate surface area is 147 Å². The number of carbonyl (C=O) groups is 1. The van der Waals surface area contributed by atoms with Crippen LogP contribution in [0.25, 0.3) is 10.9 Å². The monoisotopic (exact) mass is 344 g/mol. The molecule has 0 unspecified atom stereocenters. The van der Waals surface area contributed by atoms with Gasteiger partial charge in [-0.05, 0) is 44.0 Å². The van der Waals surface area contributed by atoms with Crippen LogP contribution in [0, 0.1) is 11.7 Å². The molecule has 1 aliphatic rings. The summed E-state index contributed by atoms with van der Waals surface area (Å²) in [6, 6.07) is 7.04. The Hall–Kier alpha value is -2.21. The largest absolute Gasteiger partial charge is 0.374 e. The molecule has 0 aliphatic carbocycles. The van der Waals surface area contributed by atoms with Crippen LogP contribution >= 0.6 is 0 Å². The van der Waals surface area contributed by atoms with E-state index in [2.05, 4.69) is 27.1 Å². The van der Waals surface area contributed by atoms with E-state index in [9.17, 15) is 9.18 Å². The van der Waals surface area contributed by atoms with Gasteiger partial charge in [0.25, 0.3) is 0 Å². The lowest BCUT2D eigenvalue weighted by atomic mass is 9.96. The van der Waals surface area contributed by atoms with Gasteiger partial charge in [-0.1, -0.05) is 12.1 Å². The summed E-state index contributed by atoms with van der Waals surface area (Å²) in [5.41, 5.74) is 1.43. The summed E-state index contributed by atoms with van der Waals surface area (Å²) < 4.78 is 13.9. The van der Waals surface area contributed by atoms with Crippen LogP contribution in [-0.4, -0.2) is 56.1 Å². The fraction of sp³-hybridized carbons (Fsp3) is 0.474. The van der Waals surface area contributed by atoms with E-state index in [-0.39, 0.29) is 11.7 Å². The van der Waals surface area contributed by atoms with E-state index in [4.69, 9.17) is 0 Å². The third kappa shape index (κ3) is 4.07. The van der Waals surface area contributed by atoms with E-state index in [1.54, 1.807) is 19.3 Å². The van der Waals surface area contributed by atoms with Crippen molar-refractivity contribution < 1.29 is 9.18 Å². The first kappa shape index (κ1) is 17.6. The lowest BCUT2D eigenvalue weighted by Crippen LogP contribution is -2.42. The lowest BCUT2D eigenvalue weighted by molar-refractivity contribution is -0.122. The number of likely N-dealkylation sites (tertiary alicyclic amines) is 1. The molecular formula is C19H25FN4O. The van der Waals surface area contributed by atoms with Crippen LogP contribution in [-0.2, 0) is 4.79 Å². The molecule has 25 heavy (non-hydrogen) atoms. The van der Waals surface area contributed by atoms with Crippen LogP contribution in [0.4, 0.5) is 10.1 Å². The maximum Gasteiger partial charge on any atom is 0.233 e. The van der Waals surface area contributed by atoms with Gasteiger partial charge in [0.15, 0.2) is 0 Å². The average Bonchev–Trinajstić information content (AvgIpc) is 2.63. The van der Waals surface area contributed by atoms with Crippen LogP contribution < -0.4 is 10.2 Å². The zero-order valence-corrected chi connectivity index (χ0v) is 14.8. The van der Waals surface area contributed by atoms with Gasteiger partial charge in [-0.3, -0.25) is 14.7 Å². The van der Waals surface area contributed by atoms with Crippen LogP contribution in [0.1, 0.15) is 12.8 Å². The van der Waals surface area contributed by atoms with Crippen molar-refractivity contribution in [2.24, 2.45) is 5.92 Å². The molecule has 1 aliphatic heterocycles. The van der Waals surface area contributed by atoms with Gasteiger partial charge in [0, 0.05) is 37.9 Å². The number of hydrogen-bond acceptors (Lipinski definition) is 4. The smallest absolute Gasteiger partial charge is 0.233 e. The molecule has 2 aromatic rings. The number of likely N-dealkylation sites (N-methyl/N-ethyl adjacent to an activating group) is 1. The number of rotatable bonds is 5. The normalized spacial score (nSPS) is 16.1. The number of pyridine rings is 1. The first-order valence-corrected chi connectivity index (χ1v) is 8.75. The van der Waals surface area contributed by atoms with Crippen molar-refractivity contribution in [2.75, 3.05) is 45.2 Å².